The van der Waals surface area contributed by atoms with Gasteiger partial charge in [0.25, 0.3) is 11.5 Å². The van der Waals surface area contributed by atoms with E-state index in [0.717, 1.165) is 5.75 Å². The van der Waals surface area contributed by atoms with Crippen molar-refractivity contribution in [1.29, 1.82) is 0 Å². The fourth-order valence-corrected chi connectivity index (χ4v) is 4.22. The van der Waals surface area contributed by atoms with Gasteiger partial charge in [0.2, 0.25) is 0 Å². The van der Waals surface area contributed by atoms with Gasteiger partial charge in [0.05, 0.1) is 16.8 Å². The van der Waals surface area contributed by atoms with Crippen LogP contribution in [-0.2, 0) is 4.79 Å². The molecule has 1 amide bonds. The summed E-state index contributed by atoms with van der Waals surface area (Å²) in [4.78, 5) is 26.7. The number of hydrogen-bond acceptors (Lipinski definition) is 6. The molecule has 3 N–H and O–H groups in total. The van der Waals surface area contributed by atoms with Gasteiger partial charge >= 0.3 is 0 Å². The van der Waals surface area contributed by atoms with Crippen LogP contribution in [0.25, 0.3) is 16.6 Å². The second-order valence-electron chi connectivity index (χ2n) is 7.98. The normalized spacial score (nSPS) is 15.2. The molecule has 1 fully saturated rings. The Labute approximate surface area is 195 Å². The van der Waals surface area contributed by atoms with Crippen molar-refractivity contribution < 1.29 is 9.53 Å². The number of rotatable bonds is 4. The minimum absolute atomic E-state index is 0.116. The van der Waals surface area contributed by atoms with Crippen molar-refractivity contribution in [3.05, 3.63) is 70.6 Å². The monoisotopic (exact) mass is 454 g/mol. The van der Waals surface area contributed by atoms with Crippen molar-refractivity contribution in [2.75, 3.05) is 18.8 Å². The Morgan fingerprint density at radius 2 is 1.88 bits per heavy atom. The first-order chi connectivity index (χ1) is 16.5. The van der Waals surface area contributed by atoms with Crippen LogP contribution in [0, 0.1) is 11.8 Å². The van der Waals surface area contributed by atoms with Gasteiger partial charge in [-0.1, -0.05) is 24.1 Å². The third-order valence-corrected chi connectivity index (χ3v) is 5.81. The van der Waals surface area contributed by atoms with E-state index >= 15 is 0 Å². The number of carbonyl (C=O) groups excluding carboxylic acids is 1. The zero-order valence-electron chi connectivity index (χ0n) is 18.5. The molecule has 5 rings (SSSR count). The number of nitrogens with zero attached hydrogens (tertiary/aromatic N) is 4. The summed E-state index contributed by atoms with van der Waals surface area (Å²) in [5, 5.41) is 11.6. The molecule has 34 heavy (non-hydrogen) atoms. The van der Waals surface area contributed by atoms with Crippen LogP contribution >= 0.6 is 0 Å². The third kappa shape index (κ3) is 3.86. The number of carbonyl (C=O) groups is 1. The Morgan fingerprint density at radius 1 is 1.15 bits per heavy atom. The molecule has 0 unspecified atom stereocenters. The van der Waals surface area contributed by atoms with Crippen molar-refractivity contribution in [3.8, 4) is 29.0 Å². The largest absolute Gasteiger partial charge is 0.457 e. The number of nitrogens with two attached hydrogens (primary N) is 1. The first kappa shape index (κ1) is 21.3. The molecule has 0 spiro atoms. The number of anilines is 1. The Hall–Kier alpha value is -4.58. The number of benzene rings is 2. The summed E-state index contributed by atoms with van der Waals surface area (Å²) in [7, 11) is 0. The maximum Gasteiger partial charge on any atom is 0.298 e. The van der Waals surface area contributed by atoms with E-state index in [9.17, 15) is 9.59 Å². The van der Waals surface area contributed by atoms with E-state index in [4.69, 9.17) is 15.6 Å². The van der Waals surface area contributed by atoms with E-state index in [1.165, 1.54) is 0 Å². The molecule has 9 heteroatoms. The smallest absolute Gasteiger partial charge is 0.298 e. The van der Waals surface area contributed by atoms with E-state index in [1.807, 2.05) is 54.6 Å². The van der Waals surface area contributed by atoms with Gasteiger partial charge in [-0.15, -0.1) is 0 Å². The van der Waals surface area contributed by atoms with Gasteiger partial charge in [-0.2, -0.15) is 10.2 Å². The number of para-hydroxylation sites is 1. The summed E-state index contributed by atoms with van der Waals surface area (Å²) >= 11 is 0. The van der Waals surface area contributed by atoms with Crippen molar-refractivity contribution in [3.63, 3.8) is 0 Å². The summed E-state index contributed by atoms with van der Waals surface area (Å²) < 4.78 is 7.50. The molecule has 2 aromatic carbocycles. The number of likely N-dealkylation sites (tertiary alicyclic amines) is 1. The van der Waals surface area contributed by atoms with Crippen LogP contribution < -0.4 is 16.0 Å². The maximum absolute atomic E-state index is 12.8. The average molecular weight is 454 g/mol. The van der Waals surface area contributed by atoms with Gasteiger partial charge in [0.15, 0.2) is 5.82 Å². The predicted octanol–water partition coefficient (Wildman–Crippen LogP) is 2.82. The Kier molecular flexibility index (Phi) is 5.47. The van der Waals surface area contributed by atoms with Crippen LogP contribution in [0.1, 0.15) is 25.0 Å². The van der Waals surface area contributed by atoms with Gasteiger partial charge in [-0.05, 0) is 55.7 Å². The lowest BCUT2D eigenvalue weighted by Gasteiger charge is -2.12. The first-order valence-corrected chi connectivity index (χ1v) is 10.9. The molecule has 0 radical (unpaired) electrons. The molecule has 3 heterocycles. The predicted molar refractivity (Wildman–Crippen MR) is 128 cm³/mol. The fourth-order valence-electron chi connectivity index (χ4n) is 4.22. The SMILES string of the molecule is CC#CC(=O)N1CC[C@H](c2nn(-c3ccc(Oc4ccccc4)cc3)c3c(N)n[nH]c(=O)c23)C1. The highest BCUT2D eigenvalue weighted by Gasteiger charge is 2.32. The minimum Gasteiger partial charge on any atom is -0.457 e. The Morgan fingerprint density at radius 3 is 2.62 bits per heavy atom. The standard InChI is InChI=1S/C25H22N6O3/c1-2-6-20(32)30-14-13-16(15-30)22-21-23(24(26)27-28-25(21)33)31(29-22)17-9-11-19(12-10-17)34-18-7-4-3-5-8-18/h3-5,7-12,16H,13-15H2,1H3,(H2,26,27)(H,28,33)/t16-/m0/s1. The van der Waals surface area contributed by atoms with Crippen LogP contribution in [0.4, 0.5) is 5.82 Å². The lowest BCUT2D eigenvalue weighted by molar-refractivity contribution is -0.124. The lowest BCUT2D eigenvalue weighted by Crippen LogP contribution is -2.27. The van der Waals surface area contributed by atoms with Gasteiger partial charge in [-0.3, -0.25) is 9.59 Å². The van der Waals surface area contributed by atoms with Gasteiger partial charge in [0.1, 0.15) is 17.0 Å². The van der Waals surface area contributed by atoms with Crippen LogP contribution in [0.2, 0.25) is 0 Å². The number of H-pyrrole nitrogens is 1. The molecule has 0 aliphatic carbocycles. The van der Waals surface area contributed by atoms with Gasteiger partial charge in [0, 0.05) is 19.0 Å². The van der Waals surface area contributed by atoms with E-state index < -0.39 is 0 Å². The zero-order chi connectivity index (χ0) is 23.7. The Bertz CT molecular complexity index is 1480. The molecule has 170 valence electrons. The number of hydrogen-bond donors (Lipinski definition) is 2. The molecule has 1 aliphatic rings. The van der Waals surface area contributed by atoms with Gasteiger partial charge in [-0.25, -0.2) is 9.78 Å². The minimum atomic E-state index is -0.368. The number of ether oxygens (including phenoxy) is 1. The molecule has 2 aromatic heterocycles. The van der Waals surface area contributed by atoms with Crippen molar-refractivity contribution >= 4 is 22.6 Å². The van der Waals surface area contributed by atoms with Crippen molar-refractivity contribution in [2.24, 2.45) is 0 Å². The van der Waals surface area contributed by atoms with E-state index in [1.54, 1.807) is 16.5 Å². The van der Waals surface area contributed by atoms with E-state index in [0.29, 0.717) is 47.5 Å². The summed E-state index contributed by atoms with van der Waals surface area (Å²) in [6.07, 6.45) is 0.675. The van der Waals surface area contributed by atoms with Gasteiger partial charge < -0.3 is 15.4 Å². The summed E-state index contributed by atoms with van der Waals surface area (Å²) in [6, 6.07) is 16.8. The number of nitrogen functional groups attached to an aromatic ring is 1. The molecular formula is C25H22N6O3. The number of fused-ring (bicyclic) bond motifs is 1. The van der Waals surface area contributed by atoms with Crippen molar-refractivity contribution in [2.45, 2.75) is 19.3 Å². The molecular weight excluding hydrogens is 432 g/mol. The van der Waals surface area contributed by atoms with Crippen LogP contribution in [0.5, 0.6) is 11.5 Å². The highest BCUT2D eigenvalue weighted by molar-refractivity contribution is 5.94. The Balaban J connectivity index is 1.52. The summed E-state index contributed by atoms with van der Waals surface area (Å²) in [5.74, 6) is 6.44. The second-order valence-corrected chi connectivity index (χ2v) is 7.98. The summed E-state index contributed by atoms with van der Waals surface area (Å²) in [5.41, 5.74) is 7.54. The molecule has 1 saturated heterocycles. The number of amides is 1. The molecule has 1 atom stereocenters. The van der Waals surface area contributed by atoms with Crippen LogP contribution in [0.3, 0.4) is 0 Å². The molecule has 0 saturated carbocycles. The molecule has 9 nitrogen and oxygen atoms in total. The fraction of sp³-hybridized carbons (Fsp3) is 0.200. The highest BCUT2D eigenvalue weighted by atomic mass is 16.5. The van der Waals surface area contributed by atoms with E-state index in [-0.39, 0.29) is 23.2 Å². The summed E-state index contributed by atoms with van der Waals surface area (Å²) in [6.45, 7) is 2.62. The quantitative estimate of drug-likeness (QED) is 0.458. The third-order valence-electron chi connectivity index (χ3n) is 5.81. The highest BCUT2D eigenvalue weighted by Crippen LogP contribution is 2.33. The lowest BCUT2D eigenvalue weighted by atomic mass is 10.0. The topological polar surface area (TPSA) is 119 Å². The first-order valence-electron chi connectivity index (χ1n) is 10.9. The molecule has 1 aliphatic heterocycles. The average Bonchev–Trinajstić information content (AvgIpc) is 3.49. The van der Waals surface area contributed by atoms with Crippen LogP contribution in [-0.4, -0.2) is 43.9 Å². The maximum atomic E-state index is 12.8. The second kappa shape index (κ2) is 8.75. The molecule has 4 aromatic rings. The van der Waals surface area contributed by atoms with Crippen LogP contribution in [0.15, 0.2) is 59.4 Å². The number of aromatic nitrogens is 4. The van der Waals surface area contributed by atoms with E-state index in [2.05, 4.69) is 22.0 Å². The number of aromatic amines is 1. The molecule has 0 bridgehead atoms. The zero-order valence-corrected chi connectivity index (χ0v) is 18.5. The van der Waals surface area contributed by atoms with Crippen molar-refractivity contribution in [1.82, 2.24) is 24.9 Å². The number of nitrogens with one attached hydrogen (secondary N) is 1.